The van der Waals surface area contributed by atoms with Crippen molar-refractivity contribution in [1.82, 2.24) is 4.90 Å². The fourth-order valence-electron chi connectivity index (χ4n) is 3.14. The van der Waals surface area contributed by atoms with Crippen molar-refractivity contribution in [3.63, 3.8) is 0 Å². The van der Waals surface area contributed by atoms with Gasteiger partial charge in [-0.15, -0.1) is 12.4 Å². The van der Waals surface area contributed by atoms with E-state index in [1.165, 1.54) is 5.56 Å². The van der Waals surface area contributed by atoms with E-state index in [1.807, 2.05) is 0 Å². The van der Waals surface area contributed by atoms with Crippen LogP contribution in [0, 0.1) is 0 Å². The lowest BCUT2D eigenvalue weighted by Crippen LogP contribution is -2.46. The summed E-state index contributed by atoms with van der Waals surface area (Å²) in [5.74, 6) is 0. The second-order valence-corrected chi connectivity index (χ2v) is 5.77. The van der Waals surface area contributed by atoms with E-state index in [0.717, 1.165) is 45.3 Å². The van der Waals surface area contributed by atoms with Crippen molar-refractivity contribution in [2.24, 2.45) is 0 Å². The number of likely N-dealkylation sites (tertiary alicyclic amines) is 1. The van der Waals surface area contributed by atoms with E-state index in [1.54, 1.807) is 0 Å². The van der Waals surface area contributed by atoms with Gasteiger partial charge >= 0.3 is 0 Å². The van der Waals surface area contributed by atoms with Crippen LogP contribution in [0.2, 0.25) is 0 Å². The first kappa shape index (κ1) is 18.4. The monoisotopic (exact) mass is 313 g/mol. The van der Waals surface area contributed by atoms with Gasteiger partial charge in [-0.3, -0.25) is 4.90 Å². The molecule has 3 nitrogen and oxygen atoms in total. The lowest BCUT2D eigenvalue weighted by molar-refractivity contribution is -0.0986. The minimum Gasteiger partial charge on any atom is -0.394 e. The highest BCUT2D eigenvalue weighted by Crippen LogP contribution is 2.31. The molecule has 0 unspecified atom stereocenters. The first-order valence-electron chi connectivity index (χ1n) is 7.79. The van der Waals surface area contributed by atoms with Gasteiger partial charge in [0, 0.05) is 19.6 Å². The Bertz CT molecular complexity index is 378. The largest absolute Gasteiger partial charge is 0.394 e. The van der Waals surface area contributed by atoms with Crippen molar-refractivity contribution in [2.45, 2.75) is 44.8 Å². The van der Waals surface area contributed by atoms with Crippen LogP contribution in [-0.2, 0) is 11.3 Å². The summed E-state index contributed by atoms with van der Waals surface area (Å²) in [4.78, 5) is 2.51. The molecule has 1 aliphatic heterocycles. The Morgan fingerprint density at radius 2 is 1.86 bits per heavy atom. The highest BCUT2D eigenvalue weighted by Gasteiger charge is 2.34. The van der Waals surface area contributed by atoms with Gasteiger partial charge in [0.1, 0.15) is 0 Å². The van der Waals surface area contributed by atoms with Gasteiger partial charge in [0.05, 0.1) is 18.8 Å². The van der Waals surface area contributed by atoms with E-state index in [0.29, 0.717) is 6.61 Å². The van der Waals surface area contributed by atoms with Gasteiger partial charge in [0.25, 0.3) is 0 Å². The minimum atomic E-state index is 0. The molecule has 4 heteroatoms. The first-order valence-corrected chi connectivity index (χ1v) is 7.79. The zero-order valence-electron chi connectivity index (χ0n) is 13.0. The number of aliphatic hydroxyl groups is 1. The Balaban J connectivity index is 0.00000220. The molecule has 0 saturated carbocycles. The molecule has 1 fully saturated rings. The quantitative estimate of drug-likeness (QED) is 0.838. The molecule has 2 rings (SSSR count). The van der Waals surface area contributed by atoms with E-state index in [4.69, 9.17) is 9.84 Å². The summed E-state index contributed by atoms with van der Waals surface area (Å²) in [7, 11) is 0. The van der Waals surface area contributed by atoms with Crippen LogP contribution in [-0.4, -0.2) is 41.9 Å². The molecule has 21 heavy (non-hydrogen) atoms. The predicted molar refractivity (Wildman–Crippen MR) is 88.9 cm³/mol. The van der Waals surface area contributed by atoms with Crippen molar-refractivity contribution in [2.75, 3.05) is 26.3 Å². The lowest BCUT2D eigenvalue weighted by Gasteiger charge is -2.41. The Morgan fingerprint density at radius 1 is 1.19 bits per heavy atom. The number of rotatable bonds is 7. The van der Waals surface area contributed by atoms with E-state index in [2.05, 4.69) is 42.2 Å². The van der Waals surface area contributed by atoms with E-state index >= 15 is 0 Å². The third-order valence-electron chi connectivity index (χ3n) is 4.22. The van der Waals surface area contributed by atoms with Gasteiger partial charge in [-0.2, -0.15) is 0 Å². The summed E-state index contributed by atoms with van der Waals surface area (Å²) in [6.07, 6.45) is 4.40. The van der Waals surface area contributed by atoms with Gasteiger partial charge in [-0.05, 0) is 24.8 Å². The summed E-state index contributed by atoms with van der Waals surface area (Å²) in [6, 6.07) is 10.6. The van der Waals surface area contributed by atoms with Crippen molar-refractivity contribution in [1.29, 1.82) is 0 Å². The van der Waals surface area contributed by atoms with Crippen LogP contribution in [0.15, 0.2) is 30.3 Å². The lowest BCUT2D eigenvalue weighted by atomic mass is 9.86. The number of benzene rings is 1. The number of aliphatic hydroxyl groups excluding tert-OH is 1. The van der Waals surface area contributed by atoms with Gasteiger partial charge in [0.15, 0.2) is 0 Å². The van der Waals surface area contributed by atoms with Crippen molar-refractivity contribution in [3.05, 3.63) is 35.9 Å². The van der Waals surface area contributed by atoms with Gasteiger partial charge < -0.3 is 9.84 Å². The second-order valence-electron chi connectivity index (χ2n) is 5.77. The summed E-state index contributed by atoms with van der Waals surface area (Å²) in [5.41, 5.74) is 1.39. The standard InChI is InChI=1S/C17H27NO2.ClH/c1-2-8-17(20-14-13-19)9-11-18(12-10-17)15-16-6-4-3-5-7-16;/h3-7,19H,2,8-15H2,1H3;1H. The van der Waals surface area contributed by atoms with Gasteiger partial charge in [-0.25, -0.2) is 0 Å². The molecule has 0 bridgehead atoms. The van der Waals surface area contributed by atoms with Gasteiger partial charge in [0.2, 0.25) is 0 Å². The van der Waals surface area contributed by atoms with Crippen LogP contribution in [0.3, 0.4) is 0 Å². The molecule has 1 N–H and O–H groups in total. The van der Waals surface area contributed by atoms with E-state index < -0.39 is 0 Å². The van der Waals surface area contributed by atoms with Crippen molar-refractivity contribution in [3.8, 4) is 0 Å². The molecule has 1 saturated heterocycles. The maximum Gasteiger partial charge on any atom is 0.0708 e. The normalized spacial score (nSPS) is 18.2. The van der Waals surface area contributed by atoms with Crippen molar-refractivity contribution >= 4 is 12.4 Å². The Kier molecular flexibility index (Phi) is 8.27. The van der Waals surface area contributed by atoms with Crippen molar-refractivity contribution < 1.29 is 9.84 Å². The summed E-state index contributed by atoms with van der Waals surface area (Å²) < 4.78 is 5.98. The molecule has 1 aromatic carbocycles. The maximum atomic E-state index is 8.99. The fourth-order valence-corrected chi connectivity index (χ4v) is 3.14. The molecule has 120 valence electrons. The van der Waals surface area contributed by atoms with E-state index in [9.17, 15) is 0 Å². The molecule has 1 aromatic rings. The highest BCUT2D eigenvalue weighted by atomic mass is 35.5. The molecule has 0 atom stereocenters. The molecule has 1 heterocycles. The third-order valence-corrected chi connectivity index (χ3v) is 4.22. The Labute approximate surface area is 134 Å². The molecule has 0 spiro atoms. The average Bonchev–Trinajstić information content (AvgIpc) is 2.49. The SMILES string of the molecule is CCCC1(OCCO)CCN(Cc2ccccc2)CC1.Cl. The van der Waals surface area contributed by atoms with Crippen LogP contribution >= 0.6 is 12.4 Å². The minimum absolute atomic E-state index is 0. The number of nitrogens with zero attached hydrogens (tertiary/aromatic N) is 1. The van der Waals surface area contributed by atoms with Crippen LogP contribution in [0.1, 0.15) is 38.2 Å². The number of hydrogen-bond donors (Lipinski definition) is 1. The summed E-state index contributed by atoms with van der Waals surface area (Å²) in [5, 5.41) is 8.99. The maximum absolute atomic E-state index is 8.99. The first-order chi connectivity index (χ1) is 9.78. The van der Waals surface area contributed by atoms with Crippen LogP contribution in [0.4, 0.5) is 0 Å². The molecule has 0 amide bonds. The summed E-state index contributed by atoms with van der Waals surface area (Å²) >= 11 is 0. The zero-order chi connectivity index (χ0) is 14.3. The molecule has 0 radical (unpaired) electrons. The average molecular weight is 314 g/mol. The smallest absolute Gasteiger partial charge is 0.0708 e. The number of hydrogen-bond acceptors (Lipinski definition) is 3. The Hall–Kier alpha value is -0.610. The van der Waals surface area contributed by atoms with Crippen LogP contribution < -0.4 is 0 Å². The summed E-state index contributed by atoms with van der Waals surface area (Å²) in [6.45, 7) is 6.00. The topological polar surface area (TPSA) is 32.7 Å². The van der Waals surface area contributed by atoms with E-state index in [-0.39, 0.29) is 24.6 Å². The molecule has 0 aromatic heterocycles. The second kappa shape index (κ2) is 9.42. The van der Waals surface area contributed by atoms with Crippen LogP contribution in [0.5, 0.6) is 0 Å². The highest BCUT2D eigenvalue weighted by molar-refractivity contribution is 5.85. The third kappa shape index (κ3) is 5.59. The Morgan fingerprint density at radius 3 is 2.43 bits per heavy atom. The van der Waals surface area contributed by atoms with Gasteiger partial charge in [-0.1, -0.05) is 43.7 Å². The zero-order valence-corrected chi connectivity index (χ0v) is 13.8. The molecular weight excluding hydrogens is 286 g/mol. The molecule has 0 aliphatic carbocycles. The number of ether oxygens (including phenoxy) is 1. The number of piperidine rings is 1. The molecule has 1 aliphatic rings. The fraction of sp³-hybridized carbons (Fsp3) is 0.647. The van der Waals surface area contributed by atoms with Crippen LogP contribution in [0.25, 0.3) is 0 Å². The number of halogens is 1. The molecular formula is C17H28ClNO2. The predicted octanol–water partition coefficient (Wildman–Crippen LogP) is 3.25.